The summed E-state index contributed by atoms with van der Waals surface area (Å²) < 4.78 is 0. The molecule has 0 aromatic rings. The first-order valence-electron chi connectivity index (χ1n) is 5.93. The Morgan fingerprint density at radius 3 is 2.40 bits per heavy atom. The van der Waals surface area contributed by atoms with Crippen LogP contribution in [-0.4, -0.2) is 29.3 Å². The number of carbonyl (C=O) groups is 1. The van der Waals surface area contributed by atoms with Crippen molar-refractivity contribution in [3.05, 3.63) is 0 Å². The van der Waals surface area contributed by atoms with E-state index in [1.807, 2.05) is 4.90 Å². The fourth-order valence-corrected chi connectivity index (χ4v) is 2.93. The van der Waals surface area contributed by atoms with E-state index in [1.54, 1.807) is 0 Å². The summed E-state index contributed by atoms with van der Waals surface area (Å²) in [4.78, 5) is 14.1. The second kappa shape index (κ2) is 3.97. The van der Waals surface area contributed by atoms with Crippen LogP contribution in [0.2, 0.25) is 0 Å². The minimum absolute atomic E-state index is 0.0792. The predicted octanol–water partition coefficient (Wildman–Crippen LogP) is 2.65. The maximum absolute atomic E-state index is 12.1. The van der Waals surface area contributed by atoms with E-state index in [4.69, 9.17) is 11.6 Å². The van der Waals surface area contributed by atoms with Gasteiger partial charge in [0.05, 0.1) is 5.38 Å². The van der Waals surface area contributed by atoms with Crippen LogP contribution in [-0.2, 0) is 4.79 Å². The summed E-state index contributed by atoms with van der Waals surface area (Å²) in [6, 6.07) is 0. The minimum atomic E-state index is 0.0792. The molecule has 1 unspecified atom stereocenters. The fraction of sp³-hybridized carbons (Fsp3) is 0.917. The average Bonchev–Trinajstić information content (AvgIpc) is 2.74. The molecule has 2 fully saturated rings. The number of hydrogen-bond acceptors (Lipinski definition) is 1. The maximum atomic E-state index is 12.1. The van der Waals surface area contributed by atoms with Crippen LogP contribution in [0.25, 0.3) is 0 Å². The van der Waals surface area contributed by atoms with E-state index in [1.165, 1.54) is 12.8 Å². The van der Waals surface area contributed by atoms with Crippen molar-refractivity contribution in [3.63, 3.8) is 0 Å². The summed E-state index contributed by atoms with van der Waals surface area (Å²) in [5.74, 6) is 0.645. The molecule has 2 aliphatic rings. The lowest BCUT2D eigenvalue weighted by Gasteiger charge is -2.22. The third kappa shape index (κ3) is 2.15. The summed E-state index contributed by atoms with van der Waals surface area (Å²) in [6.07, 6.45) is 4.61. The average molecular weight is 230 g/mol. The van der Waals surface area contributed by atoms with Crippen molar-refractivity contribution in [2.75, 3.05) is 13.1 Å². The molecule has 86 valence electrons. The lowest BCUT2D eigenvalue weighted by molar-refractivity contribution is -0.134. The number of hydrogen-bond donors (Lipinski definition) is 0. The number of rotatable bonds is 1. The van der Waals surface area contributed by atoms with Crippen LogP contribution < -0.4 is 0 Å². The van der Waals surface area contributed by atoms with Gasteiger partial charge in [0.1, 0.15) is 0 Å². The standard InChI is InChI=1S/C12H20ClNO/c1-12(2)8-14(7-10(12)13)11(15)9-5-3-4-6-9/h9-10H,3-8H2,1-2H3. The molecule has 0 spiro atoms. The van der Waals surface area contributed by atoms with Crippen molar-refractivity contribution in [3.8, 4) is 0 Å². The lowest BCUT2D eigenvalue weighted by atomic mass is 9.92. The Labute approximate surface area is 97.0 Å². The van der Waals surface area contributed by atoms with Crippen LogP contribution in [0, 0.1) is 11.3 Å². The Balaban J connectivity index is 1.98. The zero-order valence-electron chi connectivity index (χ0n) is 9.63. The van der Waals surface area contributed by atoms with Crippen molar-refractivity contribution in [2.45, 2.75) is 44.9 Å². The first-order chi connectivity index (χ1) is 7.00. The Hall–Kier alpha value is -0.240. The van der Waals surface area contributed by atoms with Crippen molar-refractivity contribution < 1.29 is 4.79 Å². The molecule has 1 aliphatic carbocycles. The Bertz CT molecular complexity index is 258. The van der Waals surface area contributed by atoms with Gasteiger partial charge < -0.3 is 4.90 Å². The lowest BCUT2D eigenvalue weighted by Crippen LogP contribution is -2.34. The van der Waals surface area contributed by atoms with Gasteiger partial charge >= 0.3 is 0 Å². The van der Waals surface area contributed by atoms with Gasteiger partial charge in [-0.2, -0.15) is 0 Å². The molecule has 1 aliphatic heterocycles. The second-order valence-corrected chi connectivity index (χ2v) is 6.18. The van der Waals surface area contributed by atoms with Crippen molar-refractivity contribution >= 4 is 17.5 Å². The van der Waals surface area contributed by atoms with Crippen molar-refractivity contribution in [2.24, 2.45) is 11.3 Å². The van der Waals surface area contributed by atoms with Crippen LogP contribution >= 0.6 is 11.6 Å². The minimum Gasteiger partial charge on any atom is -0.340 e. The number of alkyl halides is 1. The molecule has 1 atom stereocenters. The van der Waals surface area contributed by atoms with Crippen molar-refractivity contribution in [1.29, 1.82) is 0 Å². The van der Waals surface area contributed by atoms with Gasteiger partial charge in [-0.25, -0.2) is 0 Å². The van der Waals surface area contributed by atoms with E-state index in [0.717, 1.165) is 25.9 Å². The van der Waals surface area contributed by atoms with Gasteiger partial charge in [0.25, 0.3) is 0 Å². The van der Waals surface area contributed by atoms with Crippen LogP contribution in [0.15, 0.2) is 0 Å². The first-order valence-corrected chi connectivity index (χ1v) is 6.37. The molecule has 1 heterocycles. The number of likely N-dealkylation sites (tertiary alicyclic amines) is 1. The molecule has 2 nitrogen and oxygen atoms in total. The zero-order valence-corrected chi connectivity index (χ0v) is 10.4. The summed E-state index contributed by atoms with van der Waals surface area (Å²) in [7, 11) is 0. The molecule has 0 N–H and O–H groups in total. The Morgan fingerprint density at radius 1 is 1.33 bits per heavy atom. The first kappa shape index (κ1) is 11.3. The van der Waals surface area contributed by atoms with E-state index in [-0.39, 0.29) is 10.8 Å². The van der Waals surface area contributed by atoms with E-state index in [0.29, 0.717) is 11.8 Å². The number of carbonyl (C=O) groups excluding carboxylic acids is 1. The quantitative estimate of drug-likeness (QED) is 0.633. The highest BCUT2D eigenvalue weighted by Crippen LogP contribution is 2.36. The van der Waals surface area contributed by atoms with Gasteiger partial charge in [0.15, 0.2) is 0 Å². The zero-order chi connectivity index (χ0) is 11.1. The predicted molar refractivity (Wildman–Crippen MR) is 62.0 cm³/mol. The summed E-state index contributed by atoms with van der Waals surface area (Å²) in [5, 5.41) is 0.114. The van der Waals surface area contributed by atoms with Crippen molar-refractivity contribution in [1.82, 2.24) is 4.90 Å². The van der Waals surface area contributed by atoms with E-state index >= 15 is 0 Å². The number of halogens is 1. The van der Waals surface area contributed by atoms with E-state index in [2.05, 4.69) is 13.8 Å². The highest BCUT2D eigenvalue weighted by molar-refractivity contribution is 6.21. The topological polar surface area (TPSA) is 20.3 Å². The molecule has 0 radical (unpaired) electrons. The van der Waals surface area contributed by atoms with Gasteiger partial charge in [-0.1, -0.05) is 26.7 Å². The number of amides is 1. The normalized spacial score (nSPS) is 31.1. The largest absolute Gasteiger partial charge is 0.340 e. The van der Waals surface area contributed by atoms with Gasteiger partial charge in [0.2, 0.25) is 5.91 Å². The molecular formula is C12H20ClNO. The van der Waals surface area contributed by atoms with Gasteiger partial charge in [0, 0.05) is 24.4 Å². The molecule has 15 heavy (non-hydrogen) atoms. The highest BCUT2D eigenvalue weighted by atomic mass is 35.5. The summed E-state index contributed by atoms with van der Waals surface area (Å²) in [6.45, 7) is 5.86. The molecule has 0 aromatic heterocycles. The van der Waals surface area contributed by atoms with E-state index < -0.39 is 0 Å². The van der Waals surface area contributed by atoms with Gasteiger partial charge in [-0.3, -0.25) is 4.79 Å². The smallest absolute Gasteiger partial charge is 0.225 e. The maximum Gasteiger partial charge on any atom is 0.225 e. The second-order valence-electron chi connectivity index (χ2n) is 5.66. The molecule has 0 aromatic carbocycles. The van der Waals surface area contributed by atoms with Crippen LogP contribution in [0.3, 0.4) is 0 Å². The third-order valence-corrected chi connectivity index (χ3v) is 4.57. The third-order valence-electron chi connectivity index (χ3n) is 3.84. The summed E-state index contributed by atoms with van der Waals surface area (Å²) in [5.41, 5.74) is 0.0792. The Morgan fingerprint density at radius 2 is 1.93 bits per heavy atom. The molecule has 2 rings (SSSR count). The number of nitrogens with zero attached hydrogens (tertiary/aromatic N) is 1. The van der Waals surface area contributed by atoms with Crippen LogP contribution in [0.4, 0.5) is 0 Å². The molecule has 1 amide bonds. The van der Waals surface area contributed by atoms with Gasteiger partial charge in [-0.15, -0.1) is 11.6 Å². The molecule has 1 saturated carbocycles. The monoisotopic (exact) mass is 229 g/mol. The molecule has 0 bridgehead atoms. The SMILES string of the molecule is CC1(C)CN(C(=O)C2CCCC2)CC1Cl. The van der Waals surface area contributed by atoms with Gasteiger partial charge in [-0.05, 0) is 12.8 Å². The van der Waals surface area contributed by atoms with E-state index in [9.17, 15) is 4.79 Å². The summed E-state index contributed by atoms with van der Waals surface area (Å²) >= 11 is 6.26. The van der Waals surface area contributed by atoms with Crippen LogP contribution in [0.5, 0.6) is 0 Å². The molecule has 1 saturated heterocycles. The fourth-order valence-electron chi connectivity index (χ4n) is 2.69. The highest BCUT2D eigenvalue weighted by Gasteiger charge is 2.41. The van der Waals surface area contributed by atoms with Crippen LogP contribution in [0.1, 0.15) is 39.5 Å². The Kier molecular flexibility index (Phi) is 2.98. The molecule has 3 heteroatoms. The molecular weight excluding hydrogens is 210 g/mol.